The summed E-state index contributed by atoms with van der Waals surface area (Å²) < 4.78 is 0.639. The Morgan fingerprint density at radius 1 is 1.35 bits per heavy atom. The SMILES string of the molecule is O=c1ccn(O)c(-c2cccc([N+](=O)[O-])c2)n1. The molecule has 0 amide bonds. The number of hydrogen-bond acceptors (Lipinski definition) is 5. The lowest BCUT2D eigenvalue weighted by Gasteiger charge is -2.04. The second-order valence-corrected chi connectivity index (χ2v) is 3.24. The molecule has 0 bridgehead atoms. The maximum atomic E-state index is 11.1. The van der Waals surface area contributed by atoms with E-state index in [2.05, 4.69) is 4.98 Å². The molecule has 1 aromatic heterocycles. The van der Waals surface area contributed by atoms with E-state index in [-0.39, 0.29) is 11.5 Å². The van der Waals surface area contributed by atoms with Crippen molar-refractivity contribution in [1.82, 2.24) is 9.71 Å². The summed E-state index contributed by atoms with van der Waals surface area (Å²) in [6.45, 7) is 0. The van der Waals surface area contributed by atoms with Crippen LogP contribution >= 0.6 is 0 Å². The van der Waals surface area contributed by atoms with Crippen LogP contribution in [-0.4, -0.2) is 19.8 Å². The summed E-state index contributed by atoms with van der Waals surface area (Å²) in [5.41, 5.74) is -0.378. The van der Waals surface area contributed by atoms with Crippen LogP contribution in [0.25, 0.3) is 11.4 Å². The van der Waals surface area contributed by atoms with Crippen molar-refractivity contribution in [3.63, 3.8) is 0 Å². The van der Waals surface area contributed by atoms with Crippen molar-refractivity contribution < 1.29 is 10.1 Å². The number of rotatable bonds is 2. The Morgan fingerprint density at radius 3 is 2.82 bits per heavy atom. The van der Waals surface area contributed by atoms with Gasteiger partial charge in [-0.3, -0.25) is 14.9 Å². The van der Waals surface area contributed by atoms with Gasteiger partial charge in [0.1, 0.15) is 0 Å². The third kappa shape index (κ3) is 2.12. The summed E-state index contributed by atoms with van der Waals surface area (Å²) in [6, 6.07) is 6.59. The van der Waals surface area contributed by atoms with Gasteiger partial charge in [-0.1, -0.05) is 12.1 Å². The Kier molecular flexibility index (Phi) is 2.57. The lowest BCUT2D eigenvalue weighted by Crippen LogP contribution is -2.11. The van der Waals surface area contributed by atoms with Crippen molar-refractivity contribution in [3.8, 4) is 11.4 Å². The van der Waals surface area contributed by atoms with Gasteiger partial charge in [0.05, 0.1) is 11.1 Å². The Balaban J connectivity index is 2.60. The van der Waals surface area contributed by atoms with Gasteiger partial charge in [0.25, 0.3) is 11.2 Å². The zero-order chi connectivity index (χ0) is 12.4. The third-order valence-corrected chi connectivity index (χ3v) is 2.11. The lowest BCUT2D eigenvalue weighted by molar-refractivity contribution is -0.384. The van der Waals surface area contributed by atoms with Crippen LogP contribution in [0, 0.1) is 10.1 Å². The van der Waals surface area contributed by atoms with Crippen molar-refractivity contribution in [2.75, 3.05) is 0 Å². The van der Waals surface area contributed by atoms with E-state index in [9.17, 15) is 20.1 Å². The van der Waals surface area contributed by atoms with Crippen LogP contribution in [0.5, 0.6) is 0 Å². The van der Waals surface area contributed by atoms with Crippen LogP contribution in [0.2, 0.25) is 0 Å². The first-order valence-corrected chi connectivity index (χ1v) is 4.62. The van der Waals surface area contributed by atoms with E-state index < -0.39 is 10.5 Å². The highest BCUT2D eigenvalue weighted by atomic mass is 16.6. The summed E-state index contributed by atoms with van der Waals surface area (Å²) >= 11 is 0. The summed E-state index contributed by atoms with van der Waals surface area (Å²) in [7, 11) is 0. The Bertz CT molecular complexity index is 635. The molecule has 0 saturated carbocycles. The molecule has 1 heterocycles. The lowest BCUT2D eigenvalue weighted by atomic mass is 10.2. The quantitative estimate of drug-likeness (QED) is 0.475. The van der Waals surface area contributed by atoms with Gasteiger partial charge in [-0.15, -0.1) is 0 Å². The summed E-state index contributed by atoms with van der Waals surface area (Å²) in [6.07, 6.45) is 1.13. The van der Waals surface area contributed by atoms with Crippen LogP contribution in [-0.2, 0) is 0 Å². The van der Waals surface area contributed by atoms with Gasteiger partial charge in [-0.05, 0) is 0 Å². The molecular weight excluding hydrogens is 226 g/mol. The van der Waals surface area contributed by atoms with Crippen molar-refractivity contribution in [1.29, 1.82) is 0 Å². The Labute approximate surface area is 94.7 Å². The predicted molar refractivity (Wildman–Crippen MR) is 57.8 cm³/mol. The minimum Gasteiger partial charge on any atom is -0.427 e. The number of nitro groups is 1. The van der Waals surface area contributed by atoms with E-state index in [1.807, 2.05) is 0 Å². The molecule has 0 aliphatic heterocycles. The second kappa shape index (κ2) is 4.05. The molecule has 2 aromatic rings. The first-order valence-electron chi connectivity index (χ1n) is 4.62. The predicted octanol–water partition coefficient (Wildman–Crippen LogP) is 1.06. The van der Waals surface area contributed by atoms with Crippen LogP contribution in [0.1, 0.15) is 0 Å². The van der Waals surface area contributed by atoms with E-state index in [0.29, 0.717) is 10.3 Å². The summed E-state index contributed by atoms with van der Waals surface area (Å²) in [5, 5.41) is 20.1. The highest BCUT2D eigenvalue weighted by molar-refractivity contribution is 5.58. The molecule has 0 aliphatic carbocycles. The van der Waals surface area contributed by atoms with Gasteiger partial charge in [0, 0.05) is 23.8 Å². The van der Waals surface area contributed by atoms with Gasteiger partial charge in [0.2, 0.25) is 0 Å². The standard InChI is InChI=1S/C10H7N3O4/c14-9-4-5-12(15)10(11-9)7-2-1-3-8(6-7)13(16)17/h1-6,15H. The molecule has 7 heteroatoms. The zero-order valence-corrected chi connectivity index (χ0v) is 8.48. The smallest absolute Gasteiger partial charge is 0.273 e. The van der Waals surface area contributed by atoms with Crippen LogP contribution < -0.4 is 5.56 Å². The molecule has 2 rings (SSSR count). The number of non-ortho nitro benzene ring substituents is 1. The third-order valence-electron chi connectivity index (χ3n) is 2.11. The molecule has 0 aliphatic rings. The number of aromatic nitrogens is 2. The van der Waals surface area contributed by atoms with E-state index >= 15 is 0 Å². The molecular formula is C10H7N3O4. The average molecular weight is 233 g/mol. The largest absolute Gasteiger partial charge is 0.427 e. The number of hydrogen-bond donors (Lipinski definition) is 1. The Morgan fingerprint density at radius 2 is 2.12 bits per heavy atom. The molecule has 1 aromatic carbocycles. The first-order chi connectivity index (χ1) is 8.08. The van der Waals surface area contributed by atoms with E-state index in [1.165, 1.54) is 24.3 Å². The fraction of sp³-hybridized carbons (Fsp3) is 0. The second-order valence-electron chi connectivity index (χ2n) is 3.24. The molecule has 0 atom stereocenters. The summed E-state index contributed by atoms with van der Waals surface area (Å²) in [4.78, 5) is 24.7. The number of nitro benzene ring substituents is 1. The van der Waals surface area contributed by atoms with Gasteiger partial charge in [0.15, 0.2) is 5.82 Å². The molecule has 0 spiro atoms. The minimum absolute atomic E-state index is 0.0406. The topological polar surface area (TPSA) is 98.3 Å². The average Bonchev–Trinajstić information content (AvgIpc) is 2.32. The minimum atomic E-state index is -0.563. The molecule has 7 nitrogen and oxygen atoms in total. The van der Waals surface area contributed by atoms with E-state index in [1.54, 1.807) is 0 Å². The molecule has 1 N–H and O–H groups in total. The fourth-order valence-corrected chi connectivity index (χ4v) is 1.35. The number of nitrogens with zero attached hydrogens (tertiary/aromatic N) is 3. The maximum Gasteiger partial charge on any atom is 0.273 e. The van der Waals surface area contributed by atoms with Gasteiger partial charge >= 0.3 is 0 Å². The molecule has 0 unspecified atom stereocenters. The van der Waals surface area contributed by atoms with Crippen LogP contribution in [0.3, 0.4) is 0 Å². The molecule has 17 heavy (non-hydrogen) atoms. The van der Waals surface area contributed by atoms with Crippen LogP contribution in [0.4, 0.5) is 5.69 Å². The van der Waals surface area contributed by atoms with E-state index in [0.717, 1.165) is 12.3 Å². The maximum absolute atomic E-state index is 11.1. The highest BCUT2D eigenvalue weighted by Crippen LogP contribution is 2.20. The summed E-state index contributed by atoms with van der Waals surface area (Å²) in [5.74, 6) is -0.0406. The normalized spacial score (nSPS) is 10.1. The highest BCUT2D eigenvalue weighted by Gasteiger charge is 2.10. The van der Waals surface area contributed by atoms with Crippen molar-refractivity contribution in [3.05, 3.63) is 57.0 Å². The van der Waals surface area contributed by atoms with Gasteiger partial charge < -0.3 is 5.21 Å². The number of benzene rings is 1. The monoisotopic (exact) mass is 233 g/mol. The molecule has 0 saturated heterocycles. The van der Waals surface area contributed by atoms with Gasteiger partial charge in [-0.25, -0.2) is 0 Å². The van der Waals surface area contributed by atoms with Crippen LogP contribution in [0.15, 0.2) is 41.3 Å². The van der Waals surface area contributed by atoms with Crippen molar-refractivity contribution in [2.45, 2.75) is 0 Å². The molecule has 0 radical (unpaired) electrons. The Hall–Kier alpha value is -2.70. The zero-order valence-electron chi connectivity index (χ0n) is 8.48. The van der Waals surface area contributed by atoms with Gasteiger partial charge in [-0.2, -0.15) is 9.71 Å². The first kappa shape index (κ1) is 10.8. The van der Waals surface area contributed by atoms with Crippen molar-refractivity contribution >= 4 is 5.69 Å². The molecule has 86 valence electrons. The van der Waals surface area contributed by atoms with Crippen molar-refractivity contribution in [2.24, 2.45) is 0 Å². The van der Waals surface area contributed by atoms with E-state index in [4.69, 9.17) is 0 Å². The molecule has 0 fully saturated rings. The fourth-order valence-electron chi connectivity index (χ4n) is 1.35.